The maximum Gasteiger partial charge on any atom is 0.230 e. The molecule has 110 valence electrons. The van der Waals surface area contributed by atoms with Crippen LogP contribution in [0, 0.1) is 5.82 Å². The Hall–Kier alpha value is -1.85. The number of hydrogen-bond acceptors (Lipinski definition) is 3. The molecule has 21 heavy (non-hydrogen) atoms. The Balaban J connectivity index is 1.75. The van der Waals surface area contributed by atoms with Crippen LogP contribution in [0.25, 0.3) is 0 Å². The van der Waals surface area contributed by atoms with Gasteiger partial charge in [-0.25, -0.2) is 4.39 Å². The number of carbonyl (C=O) groups excluding carboxylic acids is 1. The van der Waals surface area contributed by atoms with E-state index in [-0.39, 0.29) is 18.3 Å². The van der Waals surface area contributed by atoms with Gasteiger partial charge in [-0.3, -0.25) is 4.79 Å². The second kappa shape index (κ2) is 7.81. The zero-order valence-electron chi connectivity index (χ0n) is 11.4. The Morgan fingerprint density at radius 2 is 1.67 bits per heavy atom. The van der Waals surface area contributed by atoms with Crippen LogP contribution in [0.15, 0.2) is 53.4 Å². The Kier molecular flexibility index (Phi) is 5.78. The van der Waals surface area contributed by atoms with Crippen molar-refractivity contribution in [2.24, 2.45) is 0 Å². The van der Waals surface area contributed by atoms with Crippen LogP contribution >= 0.6 is 11.8 Å². The highest BCUT2D eigenvalue weighted by atomic mass is 32.2. The molecule has 0 fully saturated rings. The van der Waals surface area contributed by atoms with Gasteiger partial charge in [0.1, 0.15) is 5.82 Å². The summed E-state index contributed by atoms with van der Waals surface area (Å²) in [5, 5.41) is 11.8. The summed E-state index contributed by atoms with van der Waals surface area (Å²) in [7, 11) is 0. The number of amides is 1. The molecule has 5 heteroatoms. The van der Waals surface area contributed by atoms with Crippen molar-refractivity contribution in [2.75, 3.05) is 5.75 Å². The summed E-state index contributed by atoms with van der Waals surface area (Å²) in [4.78, 5) is 12.6. The molecule has 2 N–H and O–H groups in total. The highest BCUT2D eigenvalue weighted by molar-refractivity contribution is 8.00. The first kappa shape index (κ1) is 15.5. The molecule has 0 radical (unpaired) electrons. The molecule has 0 unspecified atom stereocenters. The molecule has 0 saturated carbocycles. The van der Waals surface area contributed by atoms with Gasteiger partial charge in [-0.2, -0.15) is 0 Å². The lowest BCUT2D eigenvalue weighted by Gasteiger charge is -2.06. The molecule has 2 rings (SSSR count). The van der Waals surface area contributed by atoms with Crippen LogP contribution in [0.1, 0.15) is 11.1 Å². The van der Waals surface area contributed by atoms with Crippen molar-refractivity contribution in [3.8, 4) is 0 Å². The van der Waals surface area contributed by atoms with E-state index in [4.69, 9.17) is 5.11 Å². The van der Waals surface area contributed by atoms with Crippen molar-refractivity contribution < 1.29 is 14.3 Å². The normalized spacial score (nSPS) is 10.4. The van der Waals surface area contributed by atoms with Crippen LogP contribution < -0.4 is 5.32 Å². The first-order valence-corrected chi connectivity index (χ1v) is 7.49. The monoisotopic (exact) mass is 305 g/mol. The number of aliphatic hydroxyl groups is 1. The number of halogens is 1. The van der Waals surface area contributed by atoms with Gasteiger partial charge in [-0.15, -0.1) is 11.8 Å². The number of aliphatic hydroxyl groups excluding tert-OH is 1. The maximum absolute atomic E-state index is 12.7. The Morgan fingerprint density at radius 1 is 1.05 bits per heavy atom. The summed E-state index contributed by atoms with van der Waals surface area (Å²) in [6.07, 6.45) is 0. The Labute approximate surface area is 127 Å². The minimum absolute atomic E-state index is 0.0148. The standard InChI is InChI=1S/C16H16FNO2S/c17-14-5-7-15(8-6-14)21-11-16(20)18-9-12-1-3-13(10-19)4-2-12/h1-8,19H,9-11H2,(H,18,20). The number of carbonyl (C=O) groups is 1. The molecular formula is C16H16FNO2S. The number of rotatable bonds is 6. The average Bonchev–Trinajstić information content (AvgIpc) is 2.53. The van der Waals surface area contributed by atoms with Gasteiger partial charge < -0.3 is 10.4 Å². The van der Waals surface area contributed by atoms with Crippen LogP contribution in [0.5, 0.6) is 0 Å². The number of thioether (sulfide) groups is 1. The summed E-state index contributed by atoms with van der Waals surface area (Å²) in [5.74, 6) is -0.0638. The highest BCUT2D eigenvalue weighted by Gasteiger charge is 2.03. The third kappa shape index (κ3) is 5.21. The van der Waals surface area contributed by atoms with Crippen molar-refractivity contribution in [3.05, 3.63) is 65.5 Å². The molecule has 0 heterocycles. The van der Waals surface area contributed by atoms with Gasteiger partial charge in [-0.1, -0.05) is 24.3 Å². The van der Waals surface area contributed by atoms with Crippen LogP contribution in [0.2, 0.25) is 0 Å². The summed E-state index contributed by atoms with van der Waals surface area (Å²) >= 11 is 1.37. The van der Waals surface area contributed by atoms with Crippen LogP contribution in [0.4, 0.5) is 4.39 Å². The number of nitrogens with one attached hydrogen (secondary N) is 1. The van der Waals surface area contributed by atoms with Crippen molar-refractivity contribution in [3.63, 3.8) is 0 Å². The fraction of sp³-hybridized carbons (Fsp3) is 0.188. The second-order valence-electron chi connectivity index (χ2n) is 4.49. The van der Waals surface area contributed by atoms with E-state index in [0.717, 1.165) is 16.0 Å². The van der Waals surface area contributed by atoms with E-state index in [2.05, 4.69) is 5.32 Å². The molecule has 2 aromatic carbocycles. The molecular weight excluding hydrogens is 289 g/mol. The van der Waals surface area contributed by atoms with E-state index in [1.165, 1.54) is 23.9 Å². The molecule has 0 aliphatic rings. The largest absolute Gasteiger partial charge is 0.392 e. The molecule has 0 aliphatic heterocycles. The van der Waals surface area contributed by atoms with Gasteiger partial charge in [0.2, 0.25) is 5.91 Å². The molecule has 0 aliphatic carbocycles. The lowest BCUT2D eigenvalue weighted by atomic mass is 10.1. The Morgan fingerprint density at radius 3 is 2.29 bits per heavy atom. The van der Waals surface area contributed by atoms with E-state index in [1.54, 1.807) is 12.1 Å². The molecule has 0 atom stereocenters. The smallest absolute Gasteiger partial charge is 0.230 e. The highest BCUT2D eigenvalue weighted by Crippen LogP contribution is 2.17. The molecule has 0 spiro atoms. The van der Waals surface area contributed by atoms with Crippen molar-refractivity contribution in [1.82, 2.24) is 5.32 Å². The first-order valence-electron chi connectivity index (χ1n) is 6.51. The van der Waals surface area contributed by atoms with Crippen LogP contribution in [-0.2, 0) is 17.9 Å². The first-order chi connectivity index (χ1) is 10.2. The quantitative estimate of drug-likeness (QED) is 0.807. The fourth-order valence-electron chi connectivity index (χ4n) is 1.69. The van der Waals surface area contributed by atoms with E-state index < -0.39 is 0 Å². The predicted molar refractivity (Wildman–Crippen MR) is 81.3 cm³/mol. The summed E-state index contributed by atoms with van der Waals surface area (Å²) in [6, 6.07) is 13.5. The number of benzene rings is 2. The summed E-state index contributed by atoms with van der Waals surface area (Å²) < 4.78 is 12.7. The van der Waals surface area contributed by atoms with Gasteiger partial charge in [0.25, 0.3) is 0 Å². The maximum atomic E-state index is 12.7. The minimum atomic E-state index is -0.282. The van der Waals surface area contributed by atoms with E-state index >= 15 is 0 Å². The molecule has 0 bridgehead atoms. The van der Waals surface area contributed by atoms with Gasteiger partial charge >= 0.3 is 0 Å². The Bertz CT molecular complexity index is 584. The van der Waals surface area contributed by atoms with Gasteiger partial charge in [0, 0.05) is 11.4 Å². The van der Waals surface area contributed by atoms with Crippen molar-refractivity contribution >= 4 is 17.7 Å². The van der Waals surface area contributed by atoms with E-state index in [0.29, 0.717) is 12.3 Å². The molecule has 3 nitrogen and oxygen atoms in total. The van der Waals surface area contributed by atoms with E-state index in [9.17, 15) is 9.18 Å². The molecule has 2 aromatic rings. The third-order valence-electron chi connectivity index (χ3n) is 2.88. The van der Waals surface area contributed by atoms with Gasteiger partial charge in [-0.05, 0) is 35.4 Å². The fourth-order valence-corrected chi connectivity index (χ4v) is 2.42. The topological polar surface area (TPSA) is 49.3 Å². The van der Waals surface area contributed by atoms with Crippen molar-refractivity contribution in [2.45, 2.75) is 18.0 Å². The molecule has 1 amide bonds. The number of hydrogen-bond donors (Lipinski definition) is 2. The van der Waals surface area contributed by atoms with Crippen LogP contribution in [-0.4, -0.2) is 16.8 Å². The second-order valence-corrected chi connectivity index (χ2v) is 5.54. The van der Waals surface area contributed by atoms with Gasteiger partial charge in [0.15, 0.2) is 0 Å². The zero-order chi connectivity index (χ0) is 15.1. The van der Waals surface area contributed by atoms with Crippen LogP contribution in [0.3, 0.4) is 0 Å². The SMILES string of the molecule is O=C(CSc1ccc(F)cc1)NCc1ccc(CO)cc1. The third-order valence-corrected chi connectivity index (χ3v) is 3.89. The predicted octanol–water partition coefficient (Wildman–Crippen LogP) is 2.73. The lowest BCUT2D eigenvalue weighted by molar-refractivity contribution is -0.118. The van der Waals surface area contributed by atoms with Crippen molar-refractivity contribution in [1.29, 1.82) is 0 Å². The summed E-state index contributed by atoms with van der Waals surface area (Å²) in [6.45, 7) is 0.468. The average molecular weight is 305 g/mol. The zero-order valence-corrected chi connectivity index (χ0v) is 12.2. The molecule has 0 saturated heterocycles. The van der Waals surface area contributed by atoms with Gasteiger partial charge in [0.05, 0.1) is 12.4 Å². The lowest BCUT2D eigenvalue weighted by Crippen LogP contribution is -2.24. The summed E-state index contributed by atoms with van der Waals surface area (Å²) in [5.41, 5.74) is 1.82. The van der Waals surface area contributed by atoms with E-state index in [1.807, 2.05) is 24.3 Å². The minimum Gasteiger partial charge on any atom is -0.392 e. The molecule has 0 aromatic heterocycles.